The lowest BCUT2D eigenvalue weighted by Crippen LogP contribution is -2.49. The van der Waals surface area contributed by atoms with E-state index in [2.05, 4.69) is 16.8 Å². The molecule has 0 unspecified atom stereocenters. The predicted octanol–water partition coefficient (Wildman–Crippen LogP) is 6.16. The van der Waals surface area contributed by atoms with E-state index in [0.717, 1.165) is 30.6 Å². The second kappa shape index (κ2) is 10.9. The number of nitrogens with zero attached hydrogens (tertiary/aromatic N) is 2. The minimum Gasteiger partial charge on any atom is -0.491 e. The molecule has 8 heteroatoms. The minimum atomic E-state index is -0.279. The molecule has 1 N–H and O–H groups in total. The fourth-order valence-electron chi connectivity index (χ4n) is 4.54. The third-order valence-electron chi connectivity index (χ3n) is 6.71. The van der Waals surface area contributed by atoms with Crippen molar-refractivity contribution in [3.8, 4) is 5.75 Å². The fraction of sp³-hybridized carbons (Fsp3) is 0.357. The van der Waals surface area contributed by atoms with Crippen LogP contribution in [0.2, 0.25) is 5.02 Å². The molecule has 1 atom stereocenters. The Morgan fingerprint density at radius 2 is 1.97 bits per heavy atom. The highest BCUT2D eigenvalue weighted by Crippen LogP contribution is 2.35. The van der Waals surface area contributed by atoms with Crippen molar-refractivity contribution < 1.29 is 14.3 Å². The van der Waals surface area contributed by atoms with Crippen LogP contribution in [0.5, 0.6) is 5.75 Å². The number of anilines is 1. The van der Waals surface area contributed by atoms with Gasteiger partial charge in [-0.1, -0.05) is 35.4 Å². The summed E-state index contributed by atoms with van der Waals surface area (Å²) in [5.41, 5.74) is 2.93. The third-order valence-corrected chi connectivity index (χ3v) is 7.94. The van der Waals surface area contributed by atoms with E-state index in [1.807, 2.05) is 36.1 Å². The van der Waals surface area contributed by atoms with Gasteiger partial charge in [-0.15, -0.1) is 11.3 Å². The van der Waals surface area contributed by atoms with Gasteiger partial charge in [0, 0.05) is 28.7 Å². The molecule has 6 nitrogen and oxygen atoms in total. The number of amides is 3. The number of hydrogen-bond acceptors (Lipinski definition) is 4. The van der Waals surface area contributed by atoms with E-state index in [1.54, 1.807) is 40.5 Å². The number of aryl methyl sites for hydroxylation is 1. The molecule has 1 aliphatic carbocycles. The summed E-state index contributed by atoms with van der Waals surface area (Å²) in [5.74, 6) is 1.17. The monoisotopic (exact) mass is 523 g/mol. The average molecular weight is 524 g/mol. The van der Waals surface area contributed by atoms with Gasteiger partial charge in [-0.3, -0.25) is 4.79 Å². The van der Waals surface area contributed by atoms with Crippen LogP contribution >= 0.6 is 22.9 Å². The van der Waals surface area contributed by atoms with Gasteiger partial charge in [0.15, 0.2) is 0 Å². The lowest BCUT2D eigenvalue weighted by atomic mass is 10.0. The van der Waals surface area contributed by atoms with Crippen LogP contribution in [-0.4, -0.2) is 48.0 Å². The molecule has 1 saturated carbocycles. The Morgan fingerprint density at radius 3 is 2.72 bits per heavy atom. The van der Waals surface area contributed by atoms with Crippen LogP contribution < -0.4 is 10.1 Å². The van der Waals surface area contributed by atoms with Gasteiger partial charge in [-0.2, -0.15) is 0 Å². The maximum atomic E-state index is 13.7. The zero-order valence-corrected chi connectivity index (χ0v) is 21.9. The van der Waals surface area contributed by atoms with Gasteiger partial charge in [0.25, 0.3) is 0 Å². The molecule has 1 aliphatic heterocycles. The van der Waals surface area contributed by atoms with E-state index in [0.29, 0.717) is 36.3 Å². The van der Waals surface area contributed by atoms with Crippen molar-refractivity contribution in [2.45, 2.75) is 32.2 Å². The van der Waals surface area contributed by atoms with Gasteiger partial charge in [0.1, 0.15) is 18.9 Å². The molecule has 2 aliphatic rings. The SMILES string of the molecule is Cc1ccc(OC[C@H]2c3ccsc3CCN2C(=O)CN(CC2CC2)C(=O)Nc2cccc(Cl)c2)cc1. The maximum Gasteiger partial charge on any atom is 0.322 e. The molecule has 3 amide bonds. The number of ether oxygens (including phenoxy) is 1. The van der Waals surface area contributed by atoms with E-state index in [1.165, 1.54) is 10.4 Å². The number of thiophene rings is 1. The molecule has 1 aromatic heterocycles. The molecule has 2 aromatic carbocycles. The highest BCUT2D eigenvalue weighted by Gasteiger charge is 2.35. The van der Waals surface area contributed by atoms with Crippen molar-refractivity contribution in [2.75, 3.05) is 31.6 Å². The van der Waals surface area contributed by atoms with E-state index < -0.39 is 0 Å². The number of hydrogen-bond donors (Lipinski definition) is 1. The Kier molecular flexibility index (Phi) is 7.48. The van der Waals surface area contributed by atoms with Gasteiger partial charge in [-0.05, 0) is 79.4 Å². The summed E-state index contributed by atoms with van der Waals surface area (Å²) in [6.07, 6.45) is 2.99. The highest BCUT2D eigenvalue weighted by atomic mass is 35.5. The largest absolute Gasteiger partial charge is 0.491 e. The van der Waals surface area contributed by atoms with E-state index >= 15 is 0 Å². The minimum absolute atomic E-state index is 0.0312. The second-order valence-electron chi connectivity index (χ2n) is 9.54. The van der Waals surface area contributed by atoms with Gasteiger partial charge in [-0.25, -0.2) is 4.79 Å². The van der Waals surface area contributed by atoms with Crippen LogP contribution in [0.4, 0.5) is 10.5 Å². The summed E-state index contributed by atoms with van der Waals surface area (Å²) < 4.78 is 6.13. The van der Waals surface area contributed by atoms with Crippen molar-refractivity contribution >= 4 is 40.6 Å². The first-order valence-corrected chi connectivity index (χ1v) is 13.6. The normalized spacial score (nSPS) is 16.8. The molecule has 36 heavy (non-hydrogen) atoms. The smallest absolute Gasteiger partial charge is 0.322 e. The summed E-state index contributed by atoms with van der Waals surface area (Å²) in [6, 6.07) is 16.6. The first-order valence-electron chi connectivity index (χ1n) is 12.3. The summed E-state index contributed by atoms with van der Waals surface area (Å²) >= 11 is 7.81. The van der Waals surface area contributed by atoms with Crippen molar-refractivity contribution in [2.24, 2.45) is 5.92 Å². The Labute approximate surface area is 220 Å². The van der Waals surface area contributed by atoms with Gasteiger partial charge < -0.3 is 19.9 Å². The molecule has 5 rings (SSSR count). The van der Waals surface area contributed by atoms with Crippen molar-refractivity contribution in [1.82, 2.24) is 9.80 Å². The Hall–Kier alpha value is -3.03. The summed E-state index contributed by atoms with van der Waals surface area (Å²) in [6.45, 7) is 3.62. The molecular formula is C28H30ClN3O3S. The number of halogens is 1. The summed E-state index contributed by atoms with van der Waals surface area (Å²) in [5, 5.41) is 5.54. The zero-order valence-electron chi connectivity index (χ0n) is 20.3. The second-order valence-corrected chi connectivity index (χ2v) is 11.0. The topological polar surface area (TPSA) is 61.9 Å². The Morgan fingerprint density at radius 1 is 1.17 bits per heavy atom. The summed E-state index contributed by atoms with van der Waals surface area (Å²) in [7, 11) is 0. The zero-order chi connectivity index (χ0) is 25.1. The highest BCUT2D eigenvalue weighted by molar-refractivity contribution is 7.10. The van der Waals surface area contributed by atoms with Gasteiger partial charge >= 0.3 is 6.03 Å². The standard InChI is InChI=1S/C28H30ClN3O3S/c1-19-5-9-23(10-6-19)35-18-25-24-12-14-36-26(24)11-13-32(25)27(33)17-31(16-20-7-8-20)28(34)30-22-4-2-3-21(29)15-22/h2-6,9-10,12,14-15,20,25H,7-8,11,13,16-18H2,1H3,(H,30,34)/t25-/m0/s1. The van der Waals surface area contributed by atoms with Crippen LogP contribution in [0.3, 0.4) is 0 Å². The van der Waals surface area contributed by atoms with E-state index in [-0.39, 0.29) is 24.5 Å². The first kappa shape index (κ1) is 24.7. The van der Waals surface area contributed by atoms with Crippen LogP contribution in [0.1, 0.15) is 34.9 Å². The number of nitrogens with one attached hydrogen (secondary N) is 1. The number of benzene rings is 2. The Bertz CT molecular complexity index is 1220. The number of carbonyl (C=O) groups excluding carboxylic acids is 2. The molecule has 1 fully saturated rings. The quantitative estimate of drug-likeness (QED) is 0.384. The fourth-order valence-corrected chi connectivity index (χ4v) is 5.66. The van der Waals surface area contributed by atoms with Crippen LogP contribution in [0, 0.1) is 12.8 Å². The lowest BCUT2D eigenvalue weighted by Gasteiger charge is -2.37. The molecular weight excluding hydrogens is 494 g/mol. The summed E-state index contributed by atoms with van der Waals surface area (Å²) in [4.78, 5) is 31.6. The molecule has 0 radical (unpaired) electrons. The molecule has 188 valence electrons. The van der Waals surface area contributed by atoms with Crippen LogP contribution in [0.15, 0.2) is 60.0 Å². The number of urea groups is 1. The molecule has 0 saturated heterocycles. The van der Waals surface area contributed by atoms with Crippen molar-refractivity contribution in [1.29, 1.82) is 0 Å². The third kappa shape index (κ3) is 6.02. The van der Waals surface area contributed by atoms with Crippen molar-refractivity contribution in [3.63, 3.8) is 0 Å². The predicted molar refractivity (Wildman–Crippen MR) is 144 cm³/mol. The molecule has 0 bridgehead atoms. The number of fused-ring (bicyclic) bond motifs is 1. The number of carbonyl (C=O) groups is 2. The van der Waals surface area contributed by atoms with Gasteiger partial charge in [0.05, 0.1) is 6.04 Å². The average Bonchev–Trinajstić information content (AvgIpc) is 3.55. The van der Waals surface area contributed by atoms with Gasteiger partial charge in [0.2, 0.25) is 5.91 Å². The number of rotatable bonds is 8. The van der Waals surface area contributed by atoms with E-state index in [9.17, 15) is 9.59 Å². The lowest BCUT2D eigenvalue weighted by molar-refractivity contribution is -0.135. The first-order chi connectivity index (χ1) is 17.5. The molecule has 3 aromatic rings. The molecule has 0 spiro atoms. The van der Waals surface area contributed by atoms with Crippen LogP contribution in [-0.2, 0) is 11.2 Å². The maximum absolute atomic E-state index is 13.7. The van der Waals surface area contributed by atoms with Crippen molar-refractivity contribution in [3.05, 3.63) is 81.0 Å². The Balaban J connectivity index is 1.30. The van der Waals surface area contributed by atoms with E-state index in [4.69, 9.17) is 16.3 Å². The van der Waals surface area contributed by atoms with Crippen LogP contribution in [0.25, 0.3) is 0 Å². The molecule has 2 heterocycles.